The minimum atomic E-state index is -0.219. The van der Waals surface area contributed by atoms with Crippen molar-refractivity contribution in [3.8, 4) is 0 Å². The van der Waals surface area contributed by atoms with Gasteiger partial charge in [-0.3, -0.25) is 4.79 Å². The summed E-state index contributed by atoms with van der Waals surface area (Å²) in [6.45, 7) is 0. The first-order valence-corrected chi connectivity index (χ1v) is 7.24. The molecule has 19 heavy (non-hydrogen) atoms. The number of hydrogen-bond donors (Lipinski definition) is 2. The molecule has 0 saturated carbocycles. The molecule has 0 aromatic heterocycles. The third kappa shape index (κ3) is 3.72. The second kappa shape index (κ2) is 5.94. The number of rotatable bonds is 2. The van der Waals surface area contributed by atoms with Crippen molar-refractivity contribution >= 4 is 60.7 Å². The van der Waals surface area contributed by atoms with Gasteiger partial charge in [-0.25, -0.2) is 0 Å². The van der Waals surface area contributed by atoms with Gasteiger partial charge in [0.1, 0.15) is 0 Å². The molecule has 0 unspecified atom stereocenters. The second-order valence-electron chi connectivity index (χ2n) is 3.85. The van der Waals surface area contributed by atoms with E-state index in [1.54, 1.807) is 30.3 Å². The first-order valence-electron chi connectivity index (χ1n) is 5.28. The molecule has 0 bridgehead atoms. The van der Waals surface area contributed by atoms with Gasteiger partial charge in [0.25, 0.3) is 5.91 Å². The molecule has 2 aromatic carbocycles. The Morgan fingerprint density at radius 1 is 1.11 bits per heavy atom. The number of anilines is 2. The van der Waals surface area contributed by atoms with Gasteiger partial charge in [0.15, 0.2) is 0 Å². The molecule has 0 saturated heterocycles. The molecule has 0 radical (unpaired) electrons. The Morgan fingerprint density at radius 3 is 2.32 bits per heavy atom. The monoisotopic (exact) mass is 402 g/mol. The zero-order valence-electron chi connectivity index (χ0n) is 9.58. The number of nitrogens with one attached hydrogen (secondary N) is 1. The Labute approximate surface area is 132 Å². The van der Waals surface area contributed by atoms with Gasteiger partial charge in [0, 0.05) is 20.2 Å². The van der Waals surface area contributed by atoms with Crippen LogP contribution in [-0.2, 0) is 0 Å². The fraction of sp³-hybridized carbons (Fsp3) is 0. The summed E-state index contributed by atoms with van der Waals surface area (Å²) in [7, 11) is 0. The molecule has 0 fully saturated rings. The number of carbonyl (C=O) groups excluding carboxylic acids is 1. The lowest BCUT2D eigenvalue weighted by Gasteiger charge is -2.07. The summed E-state index contributed by atoms with van der Waals surface area (Å²) in [4.78, 5) is 12.1. The Hall–Kier alpha value is -1.04. The van der Waals surface area contributed by atoms with E-state index in [-0.39, 0.29) is 5.91 Å². The fourth-order valence-electron chi connectivity index (χ4n) is 1.51. The molecule has 98 valence electrons. The lowest BCUT2D eigenvalue weighted by molar-refractivity contribution is 0.102. The van der Waals surface area contributed by atoms with Crippen LogP contribution >= 0.6 is 43.5 Å². The summed E-state index contributed by atoms with van der Waals surface area (Å²) >= 11 is 12.5. The third-order valence-electron chi connectivity index (χ3n) is 2.38. The summed E-state index contributed by atoms with van der Waals surface area (Å²) in [6.07, 6.45) is 0. The Kier molecular flexibility index (Phi) is 4.50. The van der Waals surface area contributed by atoms with Gasteiger partial charge < -0.3 is 11.1 Å². The van der Waals surface area contributed by atoms with Crippen LogP contribution in [0.2, 0.25) is 5.02 Å². The highest BCUT2D eigenvalue weighted by atomic mass is 79.9. The highest BCUT2D eigenvalue weighted by molar-refractivity contribution is 9.11. The molecule has 3 N–H and O–H groups in total. The van der Waals surface area contributed by atoms with Crippen LogP contribution in [0.1, 0.15) is 10.4 Å². The van der Waals surface area contributed by atoms with Crippen molar-refractivity contribution in [1.82, 2.24) is 0 Å². The second-order valence-corrected chi connectivity index (χ2v) is 6.09. The van der Waals surface area contributed by atoms with Crippen LogP contribution in [0.15, 0.2) is 45.3 Å². The smallest absolute Gasteiger partial charge is 0.255 e. The van der Waals surface area contributed by atoms with E-state index in [1.165, 1.54) is 0 Å². The van der Waals surface area contributed by atoms with Crippen LogP contribution in [-0.4, -0.2) is 5.91 Å². The van der Waals surface area contributed by atoms with Gasteiger partial charge in [0.2, 0.25) is 0 Å². The van der Waals surface area contributed by atoms with Crippen molar-refractivity contribution < 1.29 is 4.79 Å². The normalized spacial score (nSPS) is 10.3. The maximum atomic E-state index is 12.1. The highest BCUT2D eigenvalue weighted by Crippen LogP contribution is 2.24. The minimum absolute atomic E-state index is 0.219. The average Bonchev–Trinajstić information content (AvgIpc) is 2.32. The van der Waals surface area contributed by atoms with Crippen molar-refractivity contribution in [3.63, 3.8) is 0 Å². The molecule has 3 nitrogen and oxygen atoms in total. The number of nitrogen functional groups attached to an aromatic ring is 1. The molecule has 0 heterocycles. The molecule has 0 aliphatic carbocycles. The Bertz CT molecular complexity index is 626. The zero-order valence-corrected chi connectivity index (χ0v) is 13.5. The predicted octanol–water partition coefficient (Wildman–Crippen LogP) is 4.70. The van der Waals surface area contributed by atoms with E-state index in [9.17, 15) is 4.79 Å². The number of hydrogen-bond acceptors (Lipinski definition) is 2. The van der Waals surface area contributed by atoms with E-state index in [0.29, 0.717) is 22.0 Å². The molecular formula is C13H9Br2ClN2O. The molecule has 0 atom stereocenters. The van der Waals surface area contributed by atoms with E-state index in [1.807, 2.05) is 6.07 Å². The molecule has 0 spiro atoms. The summed E-state index contributed by atoms with van der Waals surface area (Å²) in [5.74, 6) is -0.219. The van der Waals surface area contributed by atoms with Crippen LogP contribution in [0.5, 0.6) is 0 Å². The molecule has 1 amide bonds. The molecule has 2 rings (SSSR count). The van der Waals surface area contributed by atoms with Gasteiger partial charge >= 0.3 is 0 Å². The maximum Gasteiger partial charge on any atom is 0.255 e. The van der Waals surface area contributed by atoms with Crippen molar-refractivity contribution in [2.45, 2.75) is 0 Å². The van der Waals surface area contributed by atoms with Crippen molar-refractivity contribution in [1.29, 1.82) is 0 Å². The quantitative estimate of drug-likeness (QED) is 0.713. The predicted molar refractivity (Wildman–Crippen MR) is 85.7 cm³/mol. The third-order valence-corrected chi connectivity index (χ3v) is 3.64. The van der Waals surface area contributed by atoms with E-state index in [0.717, 1.165) is 8.95 Å². The molecule has 0 aliphatic rings. The molecular weight excluding hydrogens is 395 g/mol. The number of amides is 1. The summed E-state index contributed by atoms with van der Waals surface area (Å²) in [6, 6.07) is 10.3. The SMILES string of the molecule is Nc1cc(NC(=O)c2cc(Br)cc(Br)c2)ccc1Cl. The Morgan fingerprint density at radius 2 is 1.74 bits per heavy atom. The summed E-state index contributed by atoms with van der Waals surface area (Å²) < 4.78 is 1.64. The Balaban J connectivity index is 2.22. The van der Waals surface area contributed by atoms with Crippen LogP contribution < -0.4 is 11.1 Å². The van der Waals surface area contributed by atoms with Gasteiger partial charge in [0.05, 0.1) is 10.7 Å². The lowest BCUT2D eigenvalue weighted by Crippen LogP contribution is -2.12. The maximum absolute atomic E-state index is 12.1. The first-order chi connectivity index (χ1) is 8.95. The zero-order chi connectivity index (χ0) is 14.0. The number of halogens is 3. The topological polar surface area (TPSA) is 55.1 Å². The van der Waals surface area contributed by atoms with Gasteiger partial charge in [-0.05, 0) is 36.4 Å². The summed E-state index contributed by atoms with van der Waals surface area (Å²) in [5, 5.41) is 3.22. The van der Waals surface area contributed by atoms with Gasteiger partial charge in [-0.15, -0.1) is 0 Å². The van der Waals surface area contributed by atoms with Crippen LogP contribution in [0.25, 0.3) is 0 Å². The van der Waals surface area contributed by atoms with E-state index in [2.05, 4.69) is 37.2 Å². The van der Waals surface area contributed by atoms with Crippen molar-refractivity contribution in [2.24, 2.45) is 0 Å². The van der Waals surface area contributed by atoms with Gasteiger partial charge in [-0.1, -0.05) is 43.5 Å². The number of carbonyl (C=O) groups is 1. The van der Waals surface area contributed by atoms with Crippen LogP contribution in [0, 0.1) is 0 Å². The standard InChI is InChI=1S/C13H9Br2ClN2O/c14-8-3-7(4-9(15)5-8)13(19)18-10-1-2-11(16)12(17)6-10/h1-6H,17H2,(H,18,19). The van der Waals surface area contributed by atoms with Crippen molar-refractivity contribution in [3.05, 3.63) is 55.9 Å². The van der Waals surface area contributed by atoms with Crippen LogP contribution in [0.4, 0.5) is 11.4 Å². The molecule has 2 aromatic rings. The number of nitrogens with two attached hydrogens (primary N) is 1. The first kappa shape index (κ1) is 14.4. The summed E-state index contributed by atoms with van der Waals surface area (Å²) in [5.41, 5.74) is 7.25. The fourth-order valence-corrected chi connectivity index (χ4v) is 2.92. The average molecular weight is 404 g/mol. The van der Waals surface area contributed by atoms with E-state index >= 15 is 0 Å². The molecule has 6 heteroatoms. The van der Waals surface area contributed by atoms with Crippen molar-refractivity contribution in [2.75, 3.05) is 11.1 Å². The molecule has 0 aliphatic heterocycles. The van der Waals surface area contributed by atoms with E-state index < -0.39 is 0 Å². The minimum Gasteiger partial charge on any atom is -0.397 e. The van der Waals surface area contributed by atoms with E-state index in [4.69, 9.17) is 17.3 Å². The number of benzene rings is 2. The van der Waals surface area contributed by atoms with Crippen LogP contribution in [0.3, 0.4) is 0 Å². The largest absolute Gasteiger partial charge is 0.397 e. The van der Waals surface area contributed by atoms with Gasteiger partial charge in [-0.2, -0.15) is 0 Å². The lowest BCUT2D eigenvalue weighted by atomic mass is 10.2. The highest BCUT2D eigenvalue weighted by Gasteiger charge is 2.08.